The van der Waals surface area contributed by atoms with E-state index < -0.39 is 0 Å². The molecule has 0 aliphatic heterocycles. The van der Waals surface area contributed by atoms with Crippen molar-refractivity contribution in [2.45, 2.75) is 25.9 Å². The van der Waals surface area contributed by atoms with Crippen LogP contribution in [0, 0.1) is 12.8 Å². The third-order valence-corrected chi connectivity index (χ3v) is 2.87. The lowest BCUT2D eigenvalue weighted by molar-refractivity contribution is 0.0463. The highest BCUT2D eigenvalue weighted by molar-refractivity contribution is 5.28. The Morgan fingerprint density at radius 2 is 2.27 bits per heavy atom. The largest absolute Gasteiger partial charge is 0.393 e. The molecule has 4 nitrogen and oxygen atoms in total. The van der Waals surface area contributed by atoms with Crippen LogP contribution in [0.1, 0.15) is 18.5 Å². The van der Waals surface area contributed by atoms with Crippen molar-refractivity contribution >= 4 is 5.95 Å². The monoisotopic (exact) mass is 207 g/mol. The first-order valence-corrected chi connectivity index (χ1v) is 5.34. The molecule has 1 fully saturated rings. The minimum absolute atomic E-state index is 0.0816. The summed E-state index contributed by atoms with van der Waals surface area (Å²) in [6, 6.07) is 1.89. The second-order valence-electron chi connectivity index (χ2n) is 4.37. The lowest BCUT2D eigenvalue weighted by atomic mass is 9.82. The number of hydrogen-bond acceptors (Lipinski definition) is 4. The van der Waals surface area contributed by atoms with Crippen LogP contribution in [0.3, 0.4) is 0 Å². The maximum Gasteiger partial charge on any atom is 0.225 e. The first kappa shape index (κ1) is 10.4. The van der Waals surface area contributed by atoms with Crippen molar-refractivity contribution in [3.63, 3.8) is 0 Å². The van der Waals surface area contributed by atoms with E-state index in [-0.39, 0.29) is 6.10 Å². The molecule has 1 saturated carbocycles. The zero-order valence-electron chi connectivity index (χ0n) is 9.22. The summed E-state index contributed by atoms with van der Waals surface area (Å²) in [5.41, 5.74) is 0.987. The average molecular weight is 207 g/mol. The van der Waals surface area contributed by atoms with Crippen LogP contribution < -0.4 is 4.90 Å². The van der Waals surface area contributed by atoms with Gasteiger partial charge in [0.2, 0.25) is 5.95 Å². The van der Waals surface area contributed by atoms with E-state index in [2.05, 4.69) is 14.9 Å². The van der Waals surface area contributed by atoms with E-state index in [0.717, 1.165) is 31.0 Å². The Bertz CT molecular complexity index is 336. The molecule has 1 aliphatic carbocycles. The van der Waals surface area contributed by atoms with Crippen LogP contribution in [0.5, 0.6) is 0 Å². The lowest BCUT2D eigenvalue weighted by Crippen LogP contribution is -2.37. The number of aryl methyl sites for hydroxylation is 1. The predicted octanol–water partition coefficient (Wildman–Crippen LogP) is 0.992. The molecule has 0 unspecified atom stereocenters. The standard InChI is InChI=1S/C11H17N3O/c1-8-3-4-12-11(13-8)14(2)7-9-5-10(15)6-9/h3-4,9-10,15H,5-7H2,1-2H3. The zero-order valence-corrected chi connectivity index (χ0v) is 9.22. The fourth-order valence-corrected chi connectivity index (χ4v) is 1.94. The average Bonchev–Trinajstić information content (AvgIpc) is 2.15. The van der Waals surface area contributed by atoms with Gasteiger partial charge in [0, 0.05) is 25.5 Å². The number of aliphatic hydroxyl groups is 1. The van der Waals surface area contributed by atoms with Gasteiger partial charge in [-0.3, -0.25) is 0 Å². The Morgan fingerprint density at radius 3 is 2.87 bits per heavy atom. The van der Waals surface area contributed by atoms with Gasteiger partial charge in [0.05, 0.1) is 6.10 Å². The van der Waals surface area contributed by atoms with Crippen LogP contribution in [-0.4, -0.2) is 34.8 Å². The molecule has 0 radical (unpaired) electrons. The molecule has 4 heteroatoms. The molecule has 1 aromatic rings. The second-order valence-corrected chi connectivity index (χ2v) is 4.37. The minimum Gasteiger partial charge on any atom is -0.393 e. The highest BCUT2D eigenvalue weighted by Crippen LogP contribution is 2.28. The molecule has 82 valence electrons. The summed E-state index contributed by atoms with van der Waals surface area (Å²) in [5.74, 6) is 1.37. The van der Waals surface area contributed by atoms with Crippen molar-refractivity contribution in [1.29, 1.82) is 0 Å². The number of aromatic nitrogens is 2. The normalized spacial score (nSPS) is 24.7. The molecule has 0 spiro atoms. The SMILES string of the molecule is Cc1ccnc(N(C)CC2CC(O)C2)n1. The number of aliphatic hydroxyl groups excluding tert-OH is 1. The Labute approximate surface area is 90.0 Å². The molecule has 2 rings (SSSR count). The Balaban J connectivity index is 1.93. The number of hydrogen-bond donors (Lipinski definition) is 1. The van der Waals surface area contributed by atoms with Gasteiger partial charge in [-0.1, -0.05) is 0 Å². The Kier molecular flexibility index (Phi) is 2.86. The maximum atomic E-state index is 9.20. The van der Waals surface area contributed by atoms with Gasteiger partial charge in [-0.15, -0.1) is 0 Å². The van der Waals surface area contributed by atoms with E-state index >= 15 is 0 Å². The highest BCUT2D eigenvalue weighted by atomic mass is 16.3. The lowest BCUT2D eigenvalue weighted by Gasteiger charge is -2.34. The van der Waals surface area contributed by atoms with Crippen LogP contribution >= 0.6 is 0 Å². The third-order valence-electron chi connectivity index (χ3n) is 2.87. The highest BCUT2D eigenvalue weighted by Gasteiger charge is 2.28. The quantitative estimate of drug-likeness (QED) is 0.803. The Hall–Kier alpha value is -1.16. The number of rotatable bonds is 3. The van der Waals surface area contributed by atoms with Crippen molar-refractivity contribution in [1.82, 2.24) is 9.97 Å². The van der Waals surface area contributed by atoms with Crippen LogP contribution in [-0.2, 0) is 0 Å². The summed E-state index contributed by atoms with van der Waals surface area (Å²) in [6.07, 6.45) is 3.53. The number of anilines is 1. The van der Waals surface area contributed by atoms with Crippen LogP contribution in [0.2, 0.25) is 0 Å². The molecule has 1 N–H and O–H groups in total. The topological polar surface area (TPSA) is 49.2 Å². The van der Waals surface area contributed by atoms with Crippen molar-refractivity contribution in [3.05, 3.63) is 18.0 Å². The zero-order chi connectivity index (χ0) is 10.8. The molecule has 0 bridgehead atoms. The first-order chi connectivity index (χ1) is 7.15. The summed E-state index contributed by atoms with van der Waals surface area (Å²) < 4.78 is 0. The van der Waals surface area contributed by atoms with E-state index in [4.69, 9.17) is 0 Å². The molecule has 0 amide bonds. The van der Waals surface area contributed by atoms with E-state index in [1.807, 2.05) is 20.0 Å². The summed E-state index contributed by atoms with van der Waals surface area (Å²) in [7, 11) is 2.00. The second kappa shape index (κ2) is 4.14. The number of nitrogens with zero attached hydrogens (tertiary/aromatic N) is 3. The maximum absolute atomic E-state index is 9.20. The van der Waals surface area contributed by atoms with E-state index in [9.17, 15) is 5.11 Å². The third kappa shape index (κ3) is 2.45. The van der Waals surface area contributed by atoms with Crippen molar-refractivity contribution in [3.8, 4) is 0 Å². The first-order valence-electron chi connectivity index (χ1n) is 5.34. The summed E-state index contributed by atoms with van der Waals surface area (Å²) in [5, 5.41) is 9.20. The van der Waals surface area contributed by atoms with Gasteiger partial charge in [-0.05, 0) is 31.7 Å². The molecule has 1 heterocycles. The van der Waals surface area contributed by atoms with Gasteiger partial charge in [0.25, 0.3) is 0 Å². The predicted molar refractivity (Wildman–Crippen MR) is 58.8 cm³/mol. The molecule has 0 atom stereocenters. The molecule has 15 heavy (non-hydrogen) atoms. The van der Waals surface area contributed by atoms with Crippen LogP contribution in [0.15, 0.2) is 12.3 Å². The van der Waals surface area contributed by atoms with E-state index in [1.54, 1.807) is 6.20 Å². The summed E-state index contributed by atoms with van der Waals surface area (Å²) in [4.78, 5) is 10.6. The van der Waals surface area contributed by atoms with Crippen LogP contribution in [0.4, 0.5) is 5.95 Å². The van der Waals surface area contributed by atoms with Crippen molar-refractivity contribution in [2.75, 3.05) is 18.5 Å². The molecule has 0 saturated heterocycles. The molecular formula is C11H17N3O. The van der Waals surface area contributed by atoms with Gasteiger partial charge in [-0.2, -0.15) is 0 Å². The van der Waals surface area contributed by atoms with Crippen molar-refractivity contribution in [2.24, 2.45) is 5.92 Å². The van der Waals surface area contributed by atoms with E-state index in [1.165, 1.54) is 0 Å². The van der Waals surface area contributed by atoms with Gasteiger partial charge in [-0.25, -0.2) is 9.97 Å². The van der Waals surface area contributed by atoms with Gasteiger partial charge in [0.15, 0.2) is 0 Å². The smallest absolute Gasteiger partial charge is 0.225 e. The summed E-state index contributed by atoms with van der Waals surface area (Å²) in [6.45, 7) is 2.90. The fourth-order valence-electron chi connectivity index (χ4n) is 1.94. The van der Waals surface area contributed by atoms with E-state index in [0.29, 0.717) is 5.92 Å². The van der Waals surface area contributed by atoms with Gasteiger partial charge in [0.1, 0.15) is 0 Å². The van der Waals surface area contributed by atoms with Crippen LogP contribution in [0.25, 0.3) is 0 Å². The molecule has 1 aliphatic rings. The fraction of sp³-hybridized carbons (Fsp3) is 0.636. The summed E-state index contributed by atoms with van der Waals surface area (Å²) >= 11 is 0. The Morgan fingerprint density at radius 1 is 1.53 bits per heavy atom. The molecular weight excluding hydrogens is 190 g/mol. The van der Waals surface area contributed by atoms with Gasteiger partial charge < -0.3 is 10.0 Å². The van der Waals surface area contributed by atoms with Crippen molar-refractivity contribution < 1.29 is 5.11 Å². The minimum atomic E-state index is -0.0816. The molecule has 0 aromatic carbocycles. The molecule has 1 aromatic heterocycles. The van der Waals surface area contributed by atoms with Gasteiger partial charge >= 0.3 is 0 Å².